The summed E-state index contributed by atoms with van der Waals surface area (Å²) in [5, 5.41) is 0. The van der Waals surface area contributed by atoms with Gasteiger partial charge in [0.05, 0.1) is 5.69 Å². The zero-order valence-corrected chi connectivity index (χ0v) is 13.3. The number of benzene rings is 1. The average Bonchev–Trinajstić information content (AvgIpc) is 2.44. The lowest BCUT2D eigenvalue weighted by Gasteiger charge is -2.33. The first-order valence-corrected chi connectivity index (χ1v) is 7.20. The van der Waals surface area contributed by atoms with Crippen molar-refractivity contribution in [2.45, 2.75) is 53.6 Å². The van der Waals surface area contributed by atoms with Gasteiger partial charge in [0.2, 0.25) is 0 Å². The largest absolute Gasteiger partial charge is 0.307 e. The Balaban J connectivity index is 2.65. The number of aliphatic imine (C=N–C) groups is 1. The van der Waals surface area contributed by atoms with Crippen LogP contribution in [-0.4, -0.2) is 23.7 Å². The summed E-state index contributed by atoms with van der Waals surface area (Å²) >= 11 is 0. The average molecular weight is 272 g/mol. The fourth-order valence-electron chi connectivity index (χ4n) is 2.66. The first kappa shape index (κ1) is 14.8. The molecule has 0 radical (unpaired) electrons. The molecule has 0 saturated carbocycles. The van der Waals surface area contributed by atoms with Crippen molar-refractivity contribution < 1.29 is 4.79 Å². The zero-order chi connectivity index (χ0) is 15.1. The van der Waals surface area contributed by atoms with Crippen LogP contribution in [-0.2, 0) is 4.79 Å². The Kier molecular flexibility index (Phi) is 3.72. The molecule has 1 aliphatic heterocycles. The molecule has 1 unspecified atom stereocenters. The Morgan fingerprint density at radius 1 is 1.20 bits per heavy atom. The van der Waals surface area contributed by atoms with E-state index in [4.69, 9.17) is 4.99 Å². The fourth-order valence-corrected chi connectivity index (χ4v) is 2.66. The minimum absolute atomic E-state index is 0.0943. The van der Waals surface area contributed by atoms with Crippen molar-refractivity contribution in [2.75, 3.05) is 4.90 Å². The lowest BCUT2D eigenvalue weighted by atomic mass is 9.86. The quantitative estimate of drug-likeness (QED) is 0.768. The van der Waals surface area contributed by atoms with Gasteiger partial charge in [0, 0.05) is 17.3 Å². The van der Waals surface area contributed by atoms with Gasteiger partial charge in [0.25, 0.3) is 5.91 Å². The fraction of sp³-hybridized carbons (Fsp3) is 0.529. The molecule has 20 heavy (non-hydrogen) atoms. The van der Waals surface area contributed by atoms with Gasteiger partial charge in [0.1, 0.15) is 6.04 Å². The lowest BCUT2D eigenvalue weighted by Crippen LogP contribution is -2.47. The number of carbonyl (C=O) groups is 1. The number of fused-ring (bicyclic) bond motifs is 1. The molecule has 0 aliphatic carbocycles. The monoisotopic (exact) mass is 272 g/mol. The summed E-state index contributed by atoms with van der Waals surface area (Å²) in [5.74, 6) is 0.0943. The van der Waals surface area contributed by atoms with Crippen LogP contribution in [0, 0.1) is 5.41 Å². The highest BCUT2D eigenvalue weighted by Crippen LogP contribution is 2.33. The Hall–Kier alpha value is -1.64. The number of amides is 1. The third kappa shape index (κ3) is 2.49. The third-order valence-electron chi connectivity index (χ3n) is 3.68. The van der Waals surface area contributed by atoms with Crippen LogP contribution >= 0.6 is 0 Å². The number of anilines is 1. The molecule has 0 fully saturated rings. The molecular weight excluding hydrogens is 248 g/mol. The summed E-state index contributed by atoms with van der Waals surface area (Å²) in [7, 11) is 0. The maximum atomic E-state index is 13.0. The van der Waals surface area contributed by atoms with E-state index in [1.54, 1.807) is 0 Å². The molecule has 0 bridgehead atoms. The zero-order valence-electron chi connectivity index (χ0n) is 13.3. The van der Waals surface area contributed by atoms with Gasteiger partial charge in [-0.2, -0.15) is 0 Å². The van der Waals surface area contributed by atoms with Gasteiger partial charge in [-0.05, 0) is 32.3 Å². The summed E-state index contributed by atoms with van der Waals surface area (Å²) in [6, 6.07) is 7.82. The number of rotatable bonds is 1. The molecule has 1 atom stereocenters. The van der Waals surface area contributed by atoms with E-state index in [0.717, 1.165) is 17.0 Å². The van der Waals surface area contributed by atoms with Gasteiger partial charge in [-0.1, -0.05) is 39.0 Å². The van der Waals surface area contributed by atoms with E-state index in [1.165, 1.54) is 0 Å². The van der Waals surface area contributed by atoms with E-state index >= 15 is 0 Å². The van der Waals surface area contributed by atoms with Crippen molar-refractivity contribution in [3.63, 3.8) is 0 Å². The standard InChI is InChI=1S/C17H24N2O/c1-11(2)19-14-10-8-7-9-13(14)12(3)18-15(16(19)20)17(4,5)6/h7-11,15H,1-6H3. The molecule has 0 saturated heterocycles. The van der Waals surface area contributed by atoms with Gasteiger partial charge in [0.15, 0.2) is 0 Å². The predicted octanol–water partition coefficient (Wildman–Crippen LogP) is 3.67. The summed E-state index contributed by atoms with van der Waals surface area (Å²) in [6.07, 6.45) is 0. The number of benzodiazepines with no additional fused rings is 1. The minimum atomic E-state index is -0.336. The van der Waals surface area contributed by atoms with Gasteiger partial charge in [-0.3, -0.25) is 9.79 Å². The second kappa shape index (κ2) is 5.04. The maximum Gasteiger partial charge on any atom is 0.252 e. The van der Waals surface area contributed by atoms with E-state index in [2.05, 4.69) is 34.6 Å². The molecule has 1 aromatic rings. The smallest absolute Gasteiger partial charge is 0.252 e. The van der Waals surface area contributed by atoms with Gasteiger partial charge in [-0.25, -0.2) is 0 Å². The summed E-state index contributed by atoms with van der Waals surface area (Å²) < 4.78 is 0. The van der Waals surface area contributed by atoms with E-state index in [1.807, 2.05) is 36.1 Å². The van der Waals surface area contributed by atoms with Gasteiger partial charge < -0.3 is 4.90 Å². The van der Waals surface area contributed by atoms with Crippen LogP contribution in [0.2, 0.25) is 0 Å². The topological polar surface area (TPSA) is 32.7 Å². The molecular formula is C17H24N2O. The SMILES string of the molecule is CC1=NC(C(C)(C)C)C(=O)N(C(C)C)c2ccccc21. The van der Waals surface area contributed by atoms with Crippen LogP contribution in [0.4, 0.5) is 5.69 Å². The van der Waals surface area contributed by atoms with Crippen molar-refractivity contribution in [1.82, 2.24) is 0 Å². The maximum absolute atomic E-state index is 13.0. The Morgan fingerprint density at radius 2 is 1.80 bits per heavy atom. The summed E-state index contributed by atoms with van der Waals surface area (Å²) in [4.78, 5) is 19.6. The van der Waals surface area contributed by atoms with E-state index < -0.39 is 0 Å². The number of para-hydroxylation sites is 1. The molecule has 3 heteroatoms. The van der Waals surface area contributed by atoms with Gasteiger partial charge in [-0.15, -0.1) is 0 Å². The van der Waals surface area contributed by atoms with Crippen LogP contribution in [0.3, 0.4) is 0 Å². The molecule has 1 aliphatic rings. The molecule has 1 heterocycles. The van der Waals surface area contributed by atoms with Gasteiger partial charge >= 0.3 is 0 Å². The third-order valence-corrected chi connectivity index (χ3v) is 3.68. The predicted molar refractivity (Wildman–Crippen MR) is 84.5 cm³/mol. The van der Waals surface area contributed by atoms with Crippen LogP contribution in [0.5, 0.6) is 0 Å². The number of hydrogen-bond donors (Lipinski definition) is 0. The van der Waals surface area contributed by atoms with E-state index in [-0.39, 0.29) is 23.4 Å². The Morgan fingerprint density at radius 3 is 2.35 bits per heavy atom. The molecule has 1 aromatic carbocycles. The molecule has 0 aromatic heterocycles. The number of carbonyl (C=O) groups excluding carboxylic acids is 1. The second-order valence-corrected chi connectivity index (χ2v) is 6.80. The summed E-state index contributed by atoms with van der Waals surface area (Å²) in [6.45, 7) is 12.3. The van der Waals surface area contributed by atoms with Crippen LogP contribution in [0.1, 0.15) is 47.1 Å². The molecule has 1 amide bonds. The highest BCUT2D eigenvalue weighted by atomic mass is 16.2. The van der Waals surface area contributed by atoms with Crippen LogP contribution < -0.4 is 4.90 Å². The molecule has 2 rings (SSSR count). The second-order valence-electron chi connectivity index (χ2n) is 6.80. The van der Waals surface area contributed by atoms with Crippen molar-refractivity contribution in [3.05, 3.63) is 29.8 Å². The van der Waals surface area contributed by atoms with Crippen molar-refractivity contribution in [2.24, 2.45) is 10.4 Å². The van der Waals surface area contributed by atoms with E-state index in [0.29, 0.717) is 0 Å². The lowest BCUT2D eigenvalue weighted by molar-refractivity contribution is -0.122. The van der Waals surface area contributed by atoms with Crippen molar-refractivity contribution in [3.8, 4) is 0 Å². The van der Waals surface area contributed by atoms with E-state index in [9.17, 15) is 4.79 Å². The minimum Gasteiger partial charge on any atom is -0.307 e. The molecule has 0 spiro atoms. The van der Waals surface area contributed by atoms with Crippen LogP contribution in [0.15, 0.2) is 29.3 Å². The number of hydrogen-bond acceptors (Lipinski definition) is 2. The first-order valence-electron chi connectivity index (χ1n) is 7.20. The highest BCUT2D eigenvalue weighted by molar-refractivity contribution is 6.12. The normalized spacial score (nSPS) is 19.8. The molecule has 108 valence electrons. The van der Waals surface area contributed by atoms with Crippen molar-refractivity contribution >= 4 is 17.3 Å². The Bertz CT molecular complexity index is 552. The highest BCUT2D eigenvalue weighted by Gasteiger charge is 2.38. The number of nitrogens with zero attached hydrogens (tertiary/aromatic N) is 2. The van der Waals surface area contributed by atoms with Crippen LogP contribution in [0.25, 0.3) is 0 Å². The first-order chi connectivity index (χ1) is 9.23. The molecule has 3 nitrogen and oxygen atoms in total. The van der Waals surface area contributed by atoms with Crippen molar-refractivity contribution in [1.29, 1.82) is 0 Å². The Labute approximate surface area is 121 Å². The summed E-state index contributed by atoms with van der Waals surface area (Å²) in [5.41, 5.74) is 2.78. The molecule has 0 N–H and O–H groups in total.